The second-order valence-corrected chi connectivity index (χ2v) is 5.23. The Morgan fingerprint density at radius 1 is 1.29 bits per heavy atom. The minimum Gasteiger partial charge on any atom is -0.478 e. The van der Waals surface area contributed by atoms with Gasteiger partial charge in [-0.2, -0.15) is 0 Å². The van der Waals surface area contributed by atoms with Crippen molar-refractivity contribution >= 4 is 17.3 Å². The molecule has 4 N–H and O–H groups in total. The van der Waals surface area contributed by atoms with Crippen LogP contribution in [0.15, 0.2) is 42.5 Å². The summed E-state index contributed by atoms with van der Waals surface area (Å²) >= 11 is 0. The van der Waals surface area contributed by atoms with Gasteiger partial charge in [0.25, 0.3) is 0 Å². The third-order valence-corrected chi connectivity index (χ3v) is 3.73. The molecule has 1 fully saturated rings. The quantitative estimate of drug-likeness (QED) is 0.755. The maximum absolute atomic E-state index is 13.9. The summed E-state index contributed by atoms with van der Waals surface area (Å²) in [6.45, 7) is 0. The average Bonchev–Trinajstić information content (AvgIpc) is 3.22. The van der Waals surface area contributed by atoms with Gasteiger partial charge in [-0.05, 0) is 24.1 Å². The number of rotatable bonds is 4. The van der Waals surface area contributed by atoms with Crippen molar-refractivity contribution in [3.63, 3.8) is 0 Å². The van der Waals surface area contributed by atoms with Crippen LogP contribution in [0.4, 0.5) is 15.8 Å². The highest BCUT2D eigenvalue weighted by Crippen LogP contribution is 2.43. The Morgan fingerprint density at radius 3 is 2.67 bits per heavy atom. The molecule has 2 atom stereocenters. The van der Waals surface area contributed by atoms with Gasteiger partial charge in [-0.15, -0.1) is 0 Å². The lowest BCUT2D eigenvalue weighted by Crippen LogP contribution is -2.09. The number of carboxylic acid groups (broad SMARTS) is 1. The predicted molar refractivity (Wildman–Crippen MR) is 79.0 cm³/mol. The summed E-state index contributed by atoms with van der Waals surface area (Å²) < 4.78 is 13.9. The summed E-state index contributed by atoms with van der Waals surface area (Å²) in [5.41, 5.74) is 6.74. The highest BCUT2D eigenvalue weighted by molar-refractivity contribution is 5.94. The Morgan fingerprint density at radius 2 is 2.00 bits per heavy atom. The smallest absolute Gasteiger partial charge is 0.337 e. The van der Waals surface area contributed by atoms with Gasteiger partial charge in [0.2, 0.25) is 0 Å². The van der Waals surface area contributed by atoms with Gasteiger partial charge in [0.1, 0.15) is 5.82 Å². The number of carbonyl (C=O) groups is 1. The Hall–Kier alpha value is -2.56. The maximum atomic E-state index is 13.9. The molecule has 0 aromatic heterocycles. The maximum Gasteiger partial charge on any atom is 0.337 e. The molecular weight excluding hydrogens is 271 g/mol. The molecule has 0 heterocycles. The average molecular weight is 286 g/mol. The Kier molecular flexibility index (Phi) is 3.25. The molecule has 0 radical (unpaired) electrons. The van der Waals surface area contributed by atoms with Gasteiger partial charge in [0.05, 0.1) is 11.3 Å². The number of carboxylic acids is 1. The van der Waals surface area contributed by atoms with Gasteiger partial charge in [0.15, 0.2) is 0 Å². The number of aromatic carboxylic acids is 1. The second kappa shape index (κ2) is 5.09. The molecule has 0 aliphatic heterocycles. The fourth-order valence-corrected chi connectivity index (χ4v) is 2.51. The van der Waals surface area contributed by atoms with Gasteiger partial charge in [-0.1, -0.05) is 30.3 Å². The van der Waals surface area contributed by atoms with E-state index in [9.17, 15) is 9.18 Å². The van der Waals surface area contributed by atoms with Crippen molar-refractivity contribution in [2.75, 3.05) is 11.1 Å². The molecule has 0 saturated heterocycles. The SMILES string of the molecule is Nc1cc(F)c(NC2CC2c2ccccc2)cc1C(=O)O. The van der Waals surface area contributed by atoms with Gasteiger partial charge < -0.3 is 16.2 Å². The molecule has 2 unspecified atom stereocenters. The van der Waals surface area contributed by atoms with Gasteiger partial charge in [-0.25, -0.2) is 9.18 Å². The van der Waals surface area contributed by atoms with Crippen molar-refractivity contribution in [2.24, 2.45) is 0 Å². The van der Waals surface area contributed by atoms with Gasteiger partial charge in [0, 0.05) is 17.6 Å². The van der Waals surface area contributed by atoms with Crippen molar-refractivity contribution in [2.45, 2.75) is 18.4 Å². The molecule has 0 bridgehead atoms. The number of hydrogen-bond acceptors (Lipinski definition) is 3. The summed E-state index contributed by atoms with van der Waals surface area (Å²) in [4.78, 5) is 11.0. The minimum atomic E-state index is -1.16. The number of halogens is 1. The van der Waals surface area contributed by atoms with E-state index in [1.807, 2.05) is 30.3 Å². The van der Waals surface area contributed by atoms with Crippen molar-refractivity contribution < 1.29 is 14.3 Å². The lowest BCUT2D eigenvalue weighted by Gasteiger charge is -2.10. The number of hydrogen-bond donors (Lipinski definition) is 3. The van der Waals surface area contributed by atoms with Crippen LogP contribution < -0.4 is 11.1 Å². The molecule has 0 amide bonds. The lowest BCUT2D eigenvalue weighted by molar-refractivity contribution is 0.0698. The first-order chi connectivity index (χ1) is 10.1. The molecular formula is C16H15FN2O2. The van der Waals surface area contributed by atoms with Crippen LogP contribution in [-0.4, -0.2) is 17.1 Å². The zero-order chi connectivity index (χ0) is 15.0. The van der Waals surface area contributed by atoms with E-state index in [4.69, 9.17) is 10.8 Å². The van der Waals surface area contributed by atoms with Gasteiger partial charge in [-0.3, -0.25) is 0 Å². The number of anilines is 2. The van der Waals surface area contributed by atoms with Crippen molar-refractivity contribution in [1.82, 2.24) is 0 Å². The van der Waals surface area contributed by atoms with E-state index in [1.54, 1.807) is 0 Å². The number of nitrogens with one attached hydrogen (secondary N) is 1. The van der Waals surface area contributed by atoms with Crippen molar-refractivity contribution in [3.8, 4) is 0 Å². The van der Waals surface area contributed by atoms with Crippen molar-refractivity contribution in [3.05, 3.63) is 59.4 Å². The van der Waals surface area contributed by atoms with Gasteiger partial charge >= 0.3 is 5.97 Å². The van der Waals surface area contributed by atoms with E-state index in [-0.39, 0.29) is 23.0 Å². The lowest BCUT2D eigenvalue weighted by atomic mass is 10.1. The molecule has 108 valence electrons. The molecule has 2 aromatic carbocycles. The first-order valence-electron chi connectivity index (χ1n) is 6.70. The van der Waals surface area contributed by atoms with Crippen LogP contribution in [0, 0.1) is 5.82 Å². The monoisotopic (exact) mass is 286 g/mol. The third kappa shape index (κ3) is 2.67. The molecule has 3 rings (SSSR count). The van der Waals surface area contributed by atoms with Crippen LogP contribution in [0.5, 0.6) is 0 Å². The predicted octanol–water partition coefficient (Wildman–Crippen LogP) is 3.07. The molecule has 21 heavy (non-hydrogen) atoms. The largest absolute Gasteiger partial charge is 0.478 e. The molecule has 5 heteroatoms. The van der Waals surface area contributed by atoms with Crippen LogP contribution in [0.2, 0.25) is 0 Å². The molecule has 0 spiro atoms. The normalized spacial score (nSPS) is 20.0. The van der Waals surface area contributed by atoms with E-state index in [0.717, 1.165) is 12.5 Å². The van der Waals surface area contributed by atoms with Crippen LogP contribution in [0.25, 0.3) is 0 Å². The molecule has 1 aliphatic rings. The summed E-state index contributed by atoms with van der Waals surface area (Å²) in [7, 11) is 0. The van der Waals surface area contributed by atoms with E-state index < -0.39 is 11.8 Å². The van der Waals surface area contributed by atoms with Crippen LogP contribution in [0.3, 0.4) is 0 Å². The second-order valence-electron chi connectivity index (χ2n) is 5.23. The minimum absolute atomic E-state index is 0.0686. The Labute approximate surface area is 121 Å². The zero-order valence-electron chi connectivity index (χ0n) is 11.2. The highest BCUT2D eigenvalue weighted by atomic mass is 19.1. The summed E-state index contributed by atoms with van der Waals surface area (Å²) in [5.74, 6) is -1.36. The van der Waals surface area contributed by atoms with Crippen LogP contribution >= 0.6 is 0 Å². The van der Waals surface area contributed by atoms with E-state index in [0.29, 0.717) is 5.92 Å². The zero-order valence-corrected chi connectivity index (χ0v) is 11.2. The Balaban J connectivity index is 1.78. The van der Waals surface area contributed by atoms with E-state index >= 15 is 0 Å². The van der Waals surface area contributed by atoms with Crippen molar-refractivity contribution in [1.29, 1.82) is 0 Å². The Bertz CT molecular complexity index is 688. The molecule has 4 nitrogen and oxygen atoms in total. The fourth-order valence-electron chi connectivity index (χ4n) is 2.51. The van der Waals surface area contributed by atoms with Crippen LogP contribution in [-0.2, 0) is 0 Å². The molecule has 1 aliphatic carbocycles. The standard InChI is InChI=1S/C16H15FN2O2/c17-12-8-13(18)11(16(20)21)7-15(12)19-14-6-10(14)9-4-2-1-3-5-9/h1-5,7-8,10,14,19H,6,18H2,(H,20,21). The number of nitrogen functional groups attached to an aromatic ring is 1. The number of nitrogens with two attached hydrogens (primary N) is 1. The number of benzene rings is 2. The summed E-state index contributed by atoms with van der Waals surface area (Å²) in [6.07, 6.45) is 0.899. The van der Waals surface area contributed by atoms with E-state index in [2.05, 4.69) is 5.32 Å². The molecule has 1 saturated carbocycles. The summed E-state index contributed by atoms with van der Waals surface area (Å²) in [6, 6.07) is 12.4. The summed E-state index contributed by atoms with van der Waals surface area (Å²) in [5, 5.41) is 12.1. The topological polar surface area (TPSA) is 75.3 Å². The highest BCUT2D eigenvalue weighted by Gasteiger charge is 2.38. The molecule has 2 aromatic rings. The first-order valence-corrected chi connectivity index (χ1v) is 6.70. The van der Waals surface area contributed by atoms with E-state index in [1.165, 1.54) is 11.6 Å². The van der Waals surface area contributed by atoms with Crippen LogP contribution in [0.1, 0.15) is 28.3 Å². The third-order valence-electron chi connectivity index (χ3n) is 3.73. The fraction of sp³-hybridized carbons (Fsp3) is 0.188. The first kappa shape index (κ1) is 13.4.